The maximum absolute atomic E-state index is 13.9. The van der Waals surface area contributed by atoms with Gasteiger partial charge in [-0.2, -0.15) is 22.0 Å². The number of piperidine rings is 1. The predicted octanol–water partition coefficient (Wildman–Crippen LogP) is 8.47. The number of fused-ring (bicyclic) bond motifs is 1. The number of pyridine rings is 1. The summed E-state index contributed by atoms with van der Waals surface area (Å²) < 4.78 is 81.3. The number of hydrogen-bond acceptors (Lipinski definition) is 7. The van der Waals surface area contributed by atoms with Crippen molar-refractivity contribution in [3.63, 3.8) is 0 Å². The van der Waals surface area contributed by atoms with Gasteiger partial charge in [0.2, 0.25) is 0 Å². The molecule has 1 aliphatic heterocycles. The maximum atomic E-state index is 13.9. The Bertz CT molecular complexity index is 1840. The number of amides is 1. The summed E-state index contributed by atoms with van der Waals surface area (Å²) in [5, 5.41) is 4.55. The first-order valence-electron chi connectivity index (χ1n) is 14.9. The van der Waals surface area contributed by atoms with Gasteiger partial charge in [0.15, 0.2) is 0 Å². The number of hydrogen-bond donors (Lipinski definition) is 1. The molecule has 46 heavy (non-hydrogen) atoms. The van der Waals surface area contributed by atoms with E-state index >= 15 is 0 Å². The maximum Gasteiger partial charge on any atom is 0.417 e. The summed E-state index contributed by atoms with van der Waals surface area (Å²) in [5.41, 5.74) is 2.24. The Morgan fingerprint density at radius 1 is 1.13 bits per heavy atom. The molecule has 7 rings (SSSR count). The zero-order chi connectivity index (χ0) is 32.2. The molecule has 7 nitrogen and oxygen atoms in total. The highest BCUT2D eigenvalue weighted by Gasteiger charge is 2.45. The number of alkyl halides is 5. The van der Waals surface area contributed by atoms with E-state index in [4.69, 9.17) is 9.26 Å². The van der Waals surface area contributed by atoms with Crippen LogP contribution in [0.5, 0.6) is 5.75 Å². The summed E-state index contributed by atoms with van der Waals surface area (Å²) in [5.74, 6) is 0.201. The molecule has 0 bridgehead atoms. The second kappa shape index (κ2) is 11.6. The topological polar surface area (TPSA) is 80.5 Å². The van der Waals surface area contributed by atoms with Crippen LogP contribution in [-0.4, -0.2) is 42.0 Å². The summed E-state index contributed by atoms with van der Waals surface area (Å²) >= 11 is 1.07. The van der Waals surface area contributed by atoms with Gasteiger partial charge in [0.1, 0.15) is 22.9 Å². The van der Waals surface area contributed by atoms with E-state index in [1.807, 2.05) is 6.07 Å². The second-order valence-corrected chi connectivity index (χ2v) is 12.6. The molecular weight excluding hydrogens is 627 g/mol. The number of halogens is 5. The van der Waals surface area contributed by atoms with E-state index in [0.29, 0.717) is 41.7 Å². The van der Waals surface area contributed by atoms with Gasteiger partial charge in [-0.25, -0.2) is 4.98 Å². The number of nitrogens with one attached hydrogen (secondary N) is 1. The molecule has 240 valence electrons. The molecule has 3 heterocycles. The molecule has 4 aromatic rings. The molecule has 2 aliphatic carbocycles. The average molecular weight is 657 g/mol. The molecule has 1 spiro atoms. The van der Waals surface area contributed by atoms with Gasteiger partial charge in [0.05, 0.1) is 11.1 Å². The number of ether oxygens (including phenoxy) is 1. The van der Waals surface area contributed by atoms with Crippen LogP contribution in [0.2, 0.25) is 0 Å². The van der Waals surface area contributed by atoms with Crippen molar-refractivity contribution in [3.8, 4) is 17.0 Å². The largest absolute Gasteiger partial charge is 0.434 e. The van der Waals surface area contributed by atoms with Crippen LogP contribution in [0, 0.1) is 5.41 Å². The lowest BCUT2D eigenvalue weighted by molar-refractivity contribution is -0.137. The van der Waals surface area contributed by atoms with Crippen molar-refractivity contribution in [2.45, 2.75) is 50.8 Å². The highest BCUT2D eigenvalue weighted by Crippen LogP contribution is 2.56. The SMILES string of the molecule is CSNC(=O)c1cc(OC(F)F)c2cc(N3CCC4(C=C(c5c(-c6ccccc6C(F)(F)F)noc5C5CC5)C4)CC3)ccc2n1. The first-order valence-corrected chi connectivity index (χ1v) is 16.1. The van der Waals surface area contributed by atoms with E-state index in [9.17, 15) is 26.7 Å². The van der Waals surface area contributed by atoms with Crippen molar-refractivity contribution in [3.05, 3.63) is 77.2 Å². The number of nitrogens with zero attached hydrogens (tertiary/aromatic N) is 3. The standard InChI is InChI=1S/C33H29F5N4O3S/c1-46-41-30(43)25-15-26(44-31(34)35)22-14-20(8-9-24(22)39-25)42-12-10-32(11-13-42)16-19(17-32)27-28(40-45-29(27)18-6-7-18)21-4-2-3-5-23(21)33(36,37)38/h2-5,8-9,14-16,18,31H,6-7,10-13,17H2,1H3,(H,41,43). The number of allylic oxidation sites excluding steroid dienone is 2. The van der Waals surface area contributed by atoms with E-state index in [2.05, 4.69) is 25.8 Å². The highest BCUT2D eigenvalue weighted by molar-refractivity contribution is 7.97. The van der Waals surface area contributed by atoms with Crippen molar-refractivity contribution in [1.29, 1.82) is 0 Å². The Morgan fingerprint density at radius 2 is 1.87 bits per heavy atom. The van der Waals surface area contributed by atoms with Crippen molar-refractivity contribution >= 4 is 40.0 Å². The normalized spacial score (nSPS) is 17.7. The summed E-state index contributed by atoms with van der Waals surface area (Å²) in [6.07, 6.45) is 3.49. The van der Waals surface area contributed by atoms with E-state index < -0.39 is 24.3 Å². The zero-order valence-corrected chi connectivity index (χ0v) is 25.5. The minimum Gasteiger partial charge on any atom is -0.434 e. The fraction of sp³-hybridized carbons (Fsp3) is 0.364. The van der Waals surface area contributed by atoms with Gasteiger partial charge in [0.25, 0.3) is 5.91 Å². The Kier molecular flexibility index (Phi) is 7.69. The number of carbonyl (C=O) groups excluding carboxylic acids is 1. The van der Waals surface area contributed by atoms with Gasteiger partial charge in [-0.15, -0.1) is 0 Å². The number of benzene rings is 2. The highest BCUT2D eigenvalue weighted by atomic mass is 32.2. The van der Waals surface area contributed by atoms with E-state index in [1.165, 1.54) is 18.2 Å². The van der Waals surface area contributed by atoms with Gasteiger partial charge in [0, 0.05) is 53.5 Å². The lowest BCUT2D eigenvalue weighted by Crippen LogP contribution is -2.42. The molecule has 3 aliphatic rings. The number of anilines is 1. The molecule has 0 radical (unpaired) electrons. The summed E-state index contributed by atoms with van der Waals surface area (Å²) in [4.78, 5) is 18.8. The second-order valence-electron chi connectivity index (χ2n) is 12.0. The van der Waals surface area contributed by atoms with Crippen LogP contribution in [0.3, 0.4) is 0 Å². The Hall–Kier alpha value is -4.13. The fourth-order valence-corrected chi connectivity index (χ4v) is 6.89. The Labute approximate surface area is 265 Å². The van der Waals surface area contributed by atoms with Crippen molar-refractivity contribution in [2.75, 3.05) is 24.2 Å². The lowest BCUT2D eigenvalue weighted by Gasteiger charge is -2.47. The van der Waals surface area contributed by atoms with Gasteiger partial charge in [-0.1, -0.05) is 41.4 Å². The van der Waals surface area contributed by atoms with Gasteiger partial charge in [-0.3, -0.25) is 9.52 Å². The molecule has 13 heteroatoms. The zero-order valence-electron chi connectivity index (χ0n) is 24.7. The third kappa shape index (κ3) is 5.69. The molecule has 0 unspecified atom stereocenters. The number of carbonyl (C=O) groups is 1. The van der Waals surface area contributed by atoms with Crippen LogP contribution < -0.4 is 14.4 Å². The molecule has 1 saturated heterocycles. The minimum atomic E-state index is -4.52. The van der Waals surface area contributed by atoms with Gasteiger partial charge < -0.3 is 14.2 Å². The van der Waals surface area contributed by atoms with Crippen LogP contribution in [0.1, 0.15) is 65.4 Å². The monoisotopic (exact) mass is 656 g/mol. The molecule has 0 atom stereocenters. The lowest BCUT2D eigenvalue weighted by atomic mass is 9.63. The third-order valence-corrected chi connectivity index (χ3v) is 9.41. The molecule has 2 fully saturated rings. The molecule has 1 amide bonds. The first-order chi connectivity index (χ1) is 22.0. The predicted molar refractivity (Wildman–Crippen MR) is 165 cm³/mol. The van der Waals surface area contributed by atoms with Crippen molar-refractivity contribution in [1.82, 2.24) is 14.9 Å². The van der Waals surface area contributed by atoms with Crippen LogP contribution in [0.4, 0.5) is 27.6 Å². The van der Waals surface area contributed by atoms with Crippen molar-refractivity contribution < 1.29 is 36.0 Å². The third-order valence-electron chi connectivity index (χ3n) is 9.02. The molecule has 2 aromatic heterocycles. The minimum absolute atomic E-state index is 0.0234. The van der Waals surface area contributed by atoms with Gasteiger partial charge >= 0.3 is 12.8 Å². The smallest absolute Gasteiger partial charge is 0.417 e. The first kappa shape index (κ1) is 30.5. The quantitative estimate of drug-likeness (QED) is 0.151. The number of aromatic nitrogens is 2. The molecule has 2 aromatic carbocycles. The molecule has 1 N–H and O–H groups in total. The summed E-state index contributed by atoms with van der Waals surface area (Å²) in [6, 6.07) is 12.0. The molecular formula is C33H29F5N4O3S. The summed E-state index contributed by atoms with van der Waals surface area (Å²) in [7, 11) is 0. The Balaban J connectivity index is 1.13. The van der Waals surface area contributed by atoms with Crippen LogP contribution in [0.25, 0.3) is 27.7 Å². The van der Waals surface area contributed by atoms with E-state index in [-0.39, 0.29) is 34.0 Å². The van der Waals surface area contributed by atoms with Crippen molar-refractivity contribution in [2.24, 2.45) is 5.41 Å². The van der Waals surface area contributed by atoms with E-state index in [0.717, 1.165) is 55.0 Å². The molecule has 1 saturated carbocycles. The van der Waals surface area contributed by atoms with Crippen LogP contribution in [0.15, 0.2) is 59.1 Å². The van der Waals surface area contributed by atoms with Crippen LogP contribution in [-0.2, 0) is 6.18 Å². The fourth-order valence-electron chi connectivity index (χ4n) is 6.60. The van der Waals surface area contributed by atoms with Gasteiger partial charge in [-0.05, 0) is 67.4 Å². The Morgan fingerprint density at radius 3 is 2.54 bits per heavy atom. The van der Waals surface area contributed by atoms with E-state index in [1.54, 1.807) is 24.5 Å². The van der Waals surface area contributed by atoms with Crippen LogP contribution >= 0.6 is 11.9 Å². The average Bonchev–Trinajstić information content (AvgIpc) is 3.77. The summed E-state index contributed by atoms with van der Waals surface area (Å²) in [6.45, 7) is -1.70. The number of rotatable bonds is 8.